The molecular weight excluding hydrogens is 162 g/mol. The maximum Gasteiger partial charge on any atom is 0.0518 e. The Morgan fingerprint density at radius 3 is 2.38 bits per heavy atom. The van der Waals surface area contributed by atoms with Gasteiger partial charge in [0, 0.05) is 12.6 Å². The highest BCUT2D eigenvalue weighted by molar-refractivity contribution is 4.58. The third kappa shape index (κ3) is 9.84. The van der Waals surface area contributed by atoms with Gasteiger partial charge in [-0.3, -0.25) is 0 Å². The third-order valence-corrected chi connectivity index (χ3v) is 2.04. The van der Waals surface area contributed by atoms with Gasteiger partial charge in [0.05, 0.1) is 6.10 Å². The molecule has 0 saturated heterocycles. The fourth-order valence-corrected chi connectivity index (χ4v) is 1.32. The van der Waals surface area contributed by atoms with Crippen LogP contribution in [-0.2, 0) is 4.74 Å². The molecule has 1 atom stereocenters. The molecule has 0 heterocycles. The lowest BCUT2D eigenvalue weighted by Crippen LogP contribution is -2.25. The largest absolute Gasteiger partial charge is 0.379 e. The van der Waals surface area contributed by atoms with E-state index in [4.69, 9.17) is 4.74 Å². The average molecular weight is 187 g/mol. The smallest absolute Gasteiger partial charge is 0.0518 e. The minimum absolute atomic E-state index is 0.381. The van der Waals surface area contributed by atoms with Gasteiger partial charge in [0.25, 0.3) is 0 Å². The van der Waals surface area contributed by atoms with Crippen molar-refractivity contribution in [2.45, 2.75) is 59.1 Å². The van der Waals surface area contributed by atoms with Crippen molar-refractivity contribution >= 4 is 0 Å². The zero-order valence-electron chi connectivity index (χ0n) is 9.60. The van der Waals surface area contributed by atoms with E-state index in [0.717, 1.165) is 13.2 Å². The minimum Gasteiger partial charge on any atom is -0.379 e. The molecule has 0 aromatic heterocycles. The summed E-state index contributed by atoms with van der Waals surface area (Å²) >= 11 is 0. The molecule has 2 heteroatoms. The van der Waals surface area contributed by atoms with Crippen molar-refractivity contribution in [3.8, 4) is 0 Å². The van der Waals surface area contributed by atoms with Gasteiger partial charge in [0.15, 0.2) is 0 Å². The average Bonchev–Trinajstić information content (AvgIpc) is 2.03. The number of hydrogen-bond acceptors (Lipinski definition) is 2. The standard InChI is InChI=1S/C11H25NO/c1-5-12-11(4)8-6-7-9-13-10(2)3/h10-12H,5-9H2,1-4H3. The van der Waals surface area contributed by atoms with Crippen molar-refractivity contribution in [2.75, 3.05) is 13.2 Å². The van der Waals surface area contributed by atoms with E-state index in [-0.39, 0.29) is 0 Å². The van der Waals surface area contributed by atoms with Crippen molar-refractivity contribution in [1.29, 1.82) is 0 Å². The van der Waals surface area contributed by atoms with Gasteiger partial charge in [0.2, 0.25) is 0 Å². The highest BCUT2D eigenvalue weighted by atomic mass is 16.5. The van der Waals surface area contributed by atoms with Crippen molar-refractivity contribution in [3.05, 3.63) is 0 Å². The molecule has 1 unspecified atom stereocenters. The Bertz CT molecular complexity index is 104. The molecule has 0 bridgehead atoms. The van der Waals surface area contributed by atoms with Crippen LogP contribution >= 0.6 is 0 Å². The molecule has 0 spiro atoms. The second kappa shape index (κ2) is 8.52. The second-order valence-electron chi connectivity index (χ2n) is 3.87. The molecule has 0 rings (SSSR count). The molecule has 0 aliphatic heterocycles. The van der Waals surface area contributed by atoms with Crippen molar-refractivity contribution in [3.63, 3.8) is 0 Å². The first-order valence-electron chi connectivity index (χ1n) is 5.51. The van der Waals surface area contributed by atoms with Crippen molar-refractivity contribution < 1.29 is 4.74 Å². The Hall–Kier alpha value is -0.0800. The van der Waals surface area contributed by atoms with Gasteiger partial charge < -0.3 is 10.1 Å². The Balaban J connectivity index is 3.06. The second-order valence-corrected chi connectivity index (χ2v) is 3.87. The summed E-state index contributed by atoms with van der Waals surface area (Å²) < 4.78 is 5.46. The van der Waals surface area contributed by atoms with E-state index >= 15 is 0 Å². The Morgan fingerprint density at radius 1 is 1.15 bits per heavy atom. The third-order valence-electron chi connectivity index (χ3n) is 2.04. The molecule has 0 radical (unpaired) electrons. The summed E-state index contributed by atoms with van der Waals surface area (Å²) in [4.78, 5) is 0. The van der Waals surface area contributed by atoms with Crippen molar-refractivity contribution in [1.82, 2.24) is 5.32 Å². The fraction of sp³-hybridized carbons (Fsp3) is 1.00. The van der Waals surface area contributed by atoms with Crippen molar-refractivity contribution in [2.24, 2.45) is 0 Å². The van der Waals surface area contributed by atoms with Gasteiger partial charge in [-0.1, -0.05) is 6.92 Å². The van der Waals surface area contributed by atoms with E-state index in [0.29, 0.717) is 12.1 Å². The number of unbranched alkanes of at least 4 members (excludes halogenated alkanes) is 1. The number of rotatable bonds is 8. The van der Waals surface area contributed by atoms with Crippen LogP contribution in [0.2, 0.25) is 0 Å². The molecular formula is C11H25NO. The molecule has 0 fully saturated rings. The number of hydrogen-bond donors (Lipinski definition) is 1. The van der Waals surface area contributed by atoms with E-state index in [1.807, 2.05) is 0 Å². The molecule has 0 amide bonds. The molecule has 0 aliphatic carbocycles. The fourth-order valence-electron chi connectivity index (χ4n) is 1.32. The van der Waals surface area contributed by atoms with E-state index in [1.165, 1.54) is 19.3 Å². The minimum atomic E-state index is 0.381. The summed E-state index contributed by atoms with van der Waals surface area (Å²) in [5, 5.41) is 3.40. The molecule has 0 aromatic rings. The molecule has 80 valence electrons. The molecule has 0 aromatic carbocycles. The van der Waals surface area contributed by atoms with E-state index in [9.17, 15) is 0 Å². The number of nitrogens with one attached hydrogen (secondary N) is 1. The normalized spacial score (nSPS) is 13.6. The van der Waals surface area contributed by atoms with Crippen LogP contribution in [-0.4, -0.2) is 25.3 Å². The maximum atomic E-state index is 5.46. The lowest BCUT2D eigenvalue weighted by atomic mass is 10.1. The highest BCUT2D eigenvalue weighted by Gasteiger charge is 1.99. The Labute approximate surface area is 83.1 Å². The summed E-state index contributed by atoms with van der Waals surface area (Å²) in [5.74, 6) is 0. The van der Waals surface area contributed by atoms with Crippen LogP contribution in [0.25, 0.3) is 0 Å². The summed E-state index contributed by atoms with van der Waals surface area (Å²) in [7, 11) is 0. The van der Waals surface area contributed by atoms with Crippen LogP contribution in [0.15, 0.2) is 0 Å². The Morgan fingerprint density at radius 2 is 1.85 bits per heavy atom. The van der Waals surface area contributed by atoms with Gasteiger partial charge in [-0.05, 0) is 46.6 Å². The molecule has 13 heavy (non-hydrogen) atoms. The monoisotopic (exact) mass is 187 g/mol. The molecule has 0 aliphatic rings. The van der Waals surface area contributed by atoms with Crippen LogP contribution in [0.3, 0.4) is 0 Å². The molecule has 1 N–H and O–H groups in total. The first-order chi connectivity index (χ1) is 6.16. The summed E-state index contributed by atoms with van der Waals surface area (Å²) in [6.07, 6.45) is 4.09. The molecule has 2 nitrogen and oxygen atoms in total. The van der Waals surface area contributed by atoms with Crippen LogP contribution in [0.1, 0.15) is 47.0 Å². The maximum absolute atomic E-state index is 5.46. The zero-order valence-corrected chi connectivity index (χ0v) is 9.60. The van der Waals surface area contributed by atoms with Crippen LogP contribution < -0.4 is 5.32 Å². The predicted molar refractivity (Wildman–Crippen MR) is 58.1 cm³/mol. The topological polar surface area (TPSA) is 21.3 Å². The van der Waals surface area contributed by atoms with Crippen LogP contribution in [0.4, 0.5) is 0 Å². The Kier molecular flexibility index (Phi) is 8.46. The predicted octanol–water partition coefficient (Wildman–Crippen LogP) is 2.58. The van der Waals surface area contributed by atoms with E-state index in [2.05, 4.69) is 33.0 Å². The number of ether oxygens (including phenoxy) is 1. The van der Waals surface area contributed by atoms with Crippen LogP contribution in [0, 0.1) is 0 Å². The van der Waals surface area contributed by atoms with Gasteiger partial charge in [-0.25, -0.2) is 0 Å². The first-order valence-corrected chi connectivity index (χ1v) is 5.51. The van der Waals surface area contributed by atoms with Gasteiger partial charge >= 0.3 is 0 Å². The SMILES string of the molecule is CCNC(C)CCCCOC(C)C. The van der Waals surface area contributed by atoms with E-state index in [1.54, 1.807) is 0 Å². The first kappa shape index (κ1) is 12.9. The van der Waals surface area contributed by atoms with Gasteiger partial charge in [0.1, 0.15) is 0 Å². The summed E-state index contributed by atoms with van der Waals surface area (Å²) in [6.45, 7) is 10.5. The van der Waals surface area contributed by atoms with E-state index < -0.39 is 0 Å². The zero-order chi connectivity index (χ0) is 10.1. The summed E-state index contributed by atoms with van der Waals surface area (Å²) in [5.41, 5.74) is 0. The highest BCUT2D eigenvalue weighted by Crippen LogP contribution is 2.01. The van der Waals surface area contributed by atoms with Gasteiger partial charge in [-0.15, -0.1) is 0 Å². The lowest BCUT2D eigenvalue weighted by molar-refractivity contribution is 0.0754. The van der Waals surface area contributed by atoms with Gasteiger partial charge in [-0.2, -0.15) is 0 Å². The van der Waals surface area contributed by atoms with Crippen LogP contribution in [0.5, 0.6) is 0 Å². The quantitative estimate of drug-likeness (QED) is 0.590. The molecule has 0 saturated carbocycles. The lowest BCUT2D eigenvalue weighted by Gasteiger charge is -2.12. The summed E-state index contributed by atoms with van der Waals surface area (Å²) in [6, 6.07) is 0.657.